The van der Waals surface area contributed by atoms with E-state index in [1.807, 2.05) is 36.4 Å². The van der Waals surface area contributed by atoms with E-state index >= 15 is 0 Å². The zero-order valence-electron chi connectivity index (χ0n) is 22.2. The number of aryl methyl sites for hydroxylation is 1. The van der Waals surface area contributed by atoms with E-state index in [0.717, 1.165) is 22.9 Å². The minimum atomic E-state index is -0.308. The maximum absolute atomic E-state index is 13.4. The Labute approximate surface area is 222 Å². The van der Waals surface area contributed by atoms with Crippen molar-refractivity contribution >= 4 is 22.6 Å². The summed E-state index contributed by atoms with van der Waals surface area (Å²) in [7, 11) is 4.77. The van der Waals surface area contributed by atoms with E-state index in [9.17, 15) is 9.59 Å². The van der Waals surface area contributed by atoms with Gasteiger partial charge in [-0.1, -0.05) is 19.1 Å². The standard InChI is InChI=1S/C30H33N3O5/c1-5-20-6-12-26-22(16-20)18-23(29(34)32-26)19-33(30(35)31-24-8-10-25(36-2)11-9-24)15-14-21-7-13-27(37-3)28(17-21)38-4/h6-13,16-18H,5,14-15,19H2,1-4H3,(H,31,35)(H,32,34). The minimum absolute atomic E-state index is 0.150. The molecule has 0 aliphatic carbocycles. The second-order valence-electron chi connectivity index (χ2n) is 8.92. The van der Waals surface area contributed by atoms with Crippen LogP contribution in [0.15, 0.2) is 71.5 Å². The van der Waals surface area contributed by atoms with Crippen LogP contribution >= 0.6 is 0 Å². The molecule has 0 spiro atoms. The molecule has 0 saturated heterocycles. The summed E-state index contributed by atoms with van der Waals surface area (Å²) >= 11 is 0. The lowest BCUT2D eigenvalue weighted by molar-refractivity contribution is 0.209. The molecule has 0 radical (unpaired) electrons. The maximum atomic E-state index is 13.4. The number of nitrogens with one attached hydrogen (secondary N) is 2. The molecule has 0 aliphatic heterocycles. The molecule has 1 heterocycles. The molecule has 38 heavy (non-hydrogen) atoms. The Morgan fingerprint density at radius 1 is 0.868 bits per heavy atom. The highest BCUT2D eigenvalue weighted by Crippen LogP contribution is 2.28. The van der Waals surface area contributed by atoms with Crippen LogP contribution in [0.5, 0.6) is 17.2 Å². The SMILES string of the molecule is CCc1ccc2[nH]c(=O)c(CN(CCc3ccc(OC)c(OC)c3)C(=O)Nc3ccc(OC)cc3)cc2c1. The molecule has 2 amide bonds. The van der Waals surface area contributed by atoms with Crippen LogP contribution in [0.1, 0.15) is 23.6 Å². The summed E-state index contributed by atoms with van der Waals surface area (Å²) in [5.74, 6) is 1.96. The number of H-pyrrole nitrogens is 1. The number of carbonyl (C=O) groups is 1. The van der Waals surface area contributed by atoms with Crippen molar-refractivity contribution in [3.05, 3.63) is 93.8 Å². The number of fused-ring (bicyclic) bond motifs is 1. The average molecular weight is 516 g/mol. The summed E-state index contributed by atoms with van der Waals surface area (Å²) in [5.41, 5.74) is 3.86. The molecule has 2 N–H and O–H groups in total. The molecule has 4 aromatic rings. The molecular formula is C30H33N3O5. The van der Waals surface area contributed by atoms with E-state index in [4.69, 9.17) is 14.2 Å². The summed E-state index contributed by atoms with van der Waals surface area (Å²) in [6.45, 7) is 2.62. The molecule has 0 bridgehead atoms. The molecule has 0 fully saturated rings. The molecular weight excluding hydrogens is 482 g/mol. The first-order chi connectivity index (χ1) is 18.4. The Morgan fingerprint density at radius 2 is 1.61 bits per heavy atom. The number of benzene rings is 3. The van der Waals surface area contributed by atoms with E-state index < -0.39 is 0 Å². The van der Waals surface area contributed by atoms with Gasteiger partial charge in [0.1, 0.15) is 5.75 Å². The molecule has 4 rings (SSSR count). The van der Waals surface area contributed by atoms with Crippen LogP contribution in [-0.4, -0.2) is 43.8 Å². The van der Waals surface area contributed by atoms with Gasteiger partial charge in [0.05, 0.1) is 27.9 Å². The van der Waals surface area contributed by atoms with Crippen molar-refractivity contribution in [3.63, 3.8) is 0 Å². The number of rotatable bonds is 10. The number of carbonyl (C=O) groups excluding carboxylic acids is 1. The highest BCUT2D eigenvalue weighted by atomic mass is 16.5. The fourth-order valence-corrected chi connectivity index (χ4v) is 4.27. The van der Waals surface area contributed by atoms with Gasteiger partial charge in [-0.25, -0.2) is 4.79 Å². The van der Waals surface area contributed by atoms with Crippen LogP contribution in [0.4, 0.5) is 10.5 Å². The van der Waals surface area contributed by atoms with Gasteiger partial charge in [-0.15, -0.1) is 0 Å². The molecule has 1 aromatic heterocycles. The lowest BCUT2D eigenvalue weighted by Crippen LogP contribution is -2.37. The molecule has 0 unspecified atom stereocenters. The van der Waals surface area contributed by atoms with Crippen molar-refractivity contribution in [1.82, 2.24) is 9.88 Å². The number of aromatic amines is 1. The van der Waals surface area contributed by atoms with Crippen LogP contribution in [-0.2, 0) is 19.4 Å². The van der Waals surface area contributed by atoms with E-state index in [-0.39, 0.29) is 18.1 Å². The van der Waals surface area contributed by atoms with Crippen molar-refractivity contribution in [2.75, 3.05) is 33.2 Å². The third kappa shape index (κ3) is 6.26. The number of aromatic nitrogens is 1. The number of hydrogen-bond acceptors (Lipinski definition) is 5. The first kappa shape index (κ1) is 26.6. The largest absolute Gasteiger partial charge is 0.497 e. The van der Waals surface area contributed by atoms with Gasteiger partial charge in [-0.2, -0.15) is 0 Å². The number of hydrogen-bond donors (Lipinski definition) is 2. The number of amides is 2. The second kappa shape index (κ2) is 12.2. The fraction of sp³-hybridized carbons (Fsp3) is 0.267. The Hall–Kier alpha value is -4.46. The van der Waals surface area contributed by atoms with Crippen molar-refractivity contribution < 1.29 is 19.0 Å². The molecule has 0 atom stereocenters. The number of anilines is 1. The fourth-order valence-electron chi connectivity index (χ4n) is 4.27. The number of pyridine rings is 1. The van der Waals surface area contributed by atoms with Gasteiger partial charge < -0.3 is 29.4 Å². The minimum Gasteiger partial charge on any atom is -0.497 e. The zero-order valence-corrected chi connectivity index (χ0v) is 22.2. The molecule has 0 saturated carbocycles. The number of ether oxygens (including phenoxy) is 3. The molecule has 8 heteroatoms. The Morgan fingerprint density at radius 3 is 2.29 bits per heavy atom. The molecule has 3 aromatic carbocycles. The predicted octanol–water partition coefficient (Wildman–Crippen LogP) is 5.39. The molecule has 0 aliphatic rings. The van der Waals surface area contributed by atoms with Gasteiger partial charge in [0.15, 0.2) is 11.5 Å². The number of methoxy groups -OCH3 is 3. The predicted molar refractivity (Wildman–Crippen MR) is 150 cm³/mol. The third-order valence-corrected chi connectivity index (χ3v) is 6.50. The Kier molecular flexibility index (Phi) is 8.53. The van der Waals surface area contributed by atoms with Crippen LogP contribution in [0.25, 0.3) is 10.9 Å². The van der Waals surface area contributed by atoms with Crippen LogP contribution in [0.2, 0.25) is 0 Å². The van der Waals surface area contributed by atoms with E-state index in [1.165, 1.54) is 5.56 Å². The van der Waals surface area contributed by atoms with Crippen LogP contribution < -0.4 is 25.1 Å². The van der Waals surface area contributed by atoms with E-state index in [1.54, 1.807) is 50.5 Å². The highest BCUT2D eigenvalue weighted by molar-refractivity contribution is 5.89. The Balaban J connectivity index is 1.60. The van der Waals surface area contributed by atoms with Crippen LogP contribution in [0.3, 0.4) is 0 Å². The van der Waals surface area contributed by atoms with Gasteiger partial charge in [0.25, 0.3) is 5.56 Å². The quantitative estimate of drug-likeness (QED) is 0.295. The Bertz CT molecular complexity index is 1460. The van der Waals surface area contributed by atoms with Gasteiger partial charge in [-0.05, 0) is 84.0 Å². The summed E-state index contributed by atoms with van der Waals surface area (Å²) in [6, 6.07) is 20.4. The van der Waals surface area contributed by atoms with Crippen molar-refractivity contribution in [1.29, 1.82) is 0 Å². The van der Waals surface area contributed by atoms with Gasteiger partial charge in [-0.3, -0.25) is 4.79 Å². The highest BCUT2D eigenvalue weighted by Gasteiger charge is 2.17. The zero-order chi connectivity index (χ0) is 27.1. The van der Waals surface area contributed by atoms with Gasteiger partial charge in [0.2, 0.25) is 0 Å². The first-order valence-corrected chi connectivity index (χ1v) is 12.5. The number of nitrogens with zero attached hydrogens (tertiary/aromatic N) is 1. The summed E-state index contributed by atoms with van der Waals surface area (Å²) < 4.78 is 16.0. The van der Waals surface area contributed by atoms with Crippen molar-refractivity contribution in [2.45, 2.75) is 26.3 Å². The average Bonchev–Trinajstić information content (AvgIpc) is 2.95. The lowest BCUT2D eigenvalue weighted by atomic mass is 10.1. The summed E-state index contributed by atoms with van der Waals surface area (Å²) in [5, 5.41) is 3.88. The normalized spacial score (nSPS) is 10.7. The van der Waals surface area contributed by atoms with Gasteiger partial charge in [0, 0.05) is 23.3 Å². The first-order valence-electron chi connectivity index (χ1n) is 12.5. The molecule has 198 valence electrons. The smallest absolute Gasteiger partial charge is 0.322 e. The lowest BCUT2D eigenvalue weighted by Gasteiger charge is -2.23. The van der Waals surface area contributed by atoms with Crippen LogP contribution in [0, 0.1) is 0 Å². The molecule has 8 nitrogen and oxygen atoms in total. The van der Waals surface area contributed by atoms with E-state index in [2.05, 4.69) is 23.3 Å². The monoisotopic (exact) mass is 515 g/mol. The second-order valence-corrected chi connectivity index (χ2v) is 8.92. The summed E-state index contributed by atoms with van der Waals surface area (Å²) in [4.78, 5) is 31.0. The maximum Gasteiger partial charge on any atom is 0.322 e. The summed E-state index contributed by atoms with van der Waals surface area (Å²) in [6.07, 6.45) is 1.45. The number of urea groups is 1. The van der Waals surface area contributed by atoms with Crippen molar-refractivity contribution in [3.8, 4) is 17.2 Å². The van der Waals surface area contributed by atoms with Crippen molar-refractivity contribution in [2.24, 2.45) is 0 Å². The topological polar surface area (TPSA) is 92.9 Å². The van der Waals surface area contributed by atoms with Gasteiger partial charge >= 0.3 is 6.03 Å². The van der Waals surface area contributed by atoms with E-state index in [0.29, 0.717) is 41.5 Å². The third-order valence-electron chi connectivity index (χ3n) is 6.50.